The van der Waals surface area contributed by atoms with Crippen LogP contribution in [0, 0.1) is 0 Å². The molecule has 2 aromatic rings. The minimum absolute atomic E-state index is 0.00597. The third kappa shape index (κ3) is 5.69. The average Bonchev–Trinajstić information content (AvgIpc) is 3.12. The molecule has 0 bridgehead atoms. The number of anilines is 1. The highest BCUT2D eigenvalue weighted by atomic mass is 19.4. The van der Waals surface area contributed by atoms with Crippen molar-refractivity contribution in [3.8, 4) is 11.5 Å². The molecule has 1 aliphatic heterocycles. The van der Waals surface area contributed by atoms with Crippen molar-refractivity contribution in [3.63, 3.8) is 0 Å². The van der Waals surface area contributed by atoms with Crippen LogP contribution < -0.4 is 10.1 Å². The number of hydrogen-bond acceptors (Lipinski definition) is 4. The number of benzene rings is 1. The van der Waals surface area contributed by atoms with Crippen molar-refractivity contribution < 1.29 is 22.7 Å². The summed E-state index contributed by atoms with van der Waals surface area (Å²) >= 11 is 0. The largest absolute Gasteiger partial charge is 0.454 e. The normalized spacial score (nSPS) is 17.5. The summed E-state index contributed by atoms with van der Waals surface area (Å²) < 4.78 is 42.9. The van der Waals surface area contributed by atoms with E-state index in [1.54, 1.807) is 48.8 Å². The number of likely N-dealkylation sites (tertiary alicyclic amines) is 1. The maximum absolute atomic E-state index is 12.7. The van der Waals surface area contributed by atoms with Crippen LogP contribution in [0.4, 0.5) is 18.9 Å². The van der Waals surface area contributed by atoms with Crippen molar-refractivity contribution in [3.05, 3.63) is 48.8 Å². The highest BCUT2D eigenvalue weighted by Gasteiger charge is 2.32. The topological polar surface area (TPSA) is 54.5 Å². The summed E-state index contributed by atoms with van der Waals surface area (Å²) in [6.45, 7) is 0.884. The van der Waals surface area contributed by atoms with Gasteiger partial charge in [0.05, 0.1) is 17.9 Å². The van der Waals surface area contributed by atoms with E-state index in [0.717, 1.165) is 6.42 Å². The summed E-state index contributed by atoms with van der Waals surface area (Å²) in [5.41, 5.74) is 0.512. The van der Waals surface area contributed by atoms with Crippen molar-refractivity contribution in [1.29, 1.82) is 0 Å². The van der Waals surface area contributed by atoms with E-state index in [1.807, 2.05) is 4.90 Å². The molecule has 5 nitrogen and oxygen atoms in total. The number of amides is 1. The maximum Gasteiger partial charge on any atom is 0.389 e. The van der Waals surface area contributed by atoms with E-state index in [1.165, 1.54) is 0 Å². The lowest BCUT2D eigenvalue weighted by Crippen LogP contribution is -2.40. The zero-order chi connectivity index (χ0) is 20.0. The molecule has 1 N–H and O–H groups in total. The molecule has 1 fully saturated rings. The van der Waals surface area contributed by atoms with Gasteiger partial charge in [0.25, 0.3) is 0 Å². The zero-order valence-corrected chi connectivity index (χ0v) is 15.3. The van der Waals surface area contributed by atoms with Gasteiger partial charge in [-0.25, -0.2) is 0 Å². The fourth-order valence-electron chi connectivity index (χ4n) is 3.28. The number of nitrogens with zero attached hydrogens (tertiary/aromatic N) is 2. The van der Waals surface area contributed by atoms with Gasteiger partial charge in [0.1, 0.15) is 5.75 Å². The van der Waals surface area contributed by atoms with Gasteiger partial charge >= 0.3 is 6.18 Å². The Labute approximate surface area is 161 Å². The molecule has 1 aromatic carbocycles. The summed E-state index contributed by atoms with van der Waals surface area (Å²) in [4.78, 5) is 18.6. The predicted molar refractivity (Wildman–Crippen MR) is 99.3 cm³/mol. The molecule has 0 spiro atoms. The Morgan fingerprint density at radius 2 is 2.07 bits per heavy atom. The number of carbonyl (C=O) groups excluding carboxylic acids is 1. The third-order valence-electron chi connectivity index (χ3n) is 4.58. The van der Waals surface area contributed by atoms with E-state index in [9.17, 15) is 18.0 Å². The van der Waals surface area contributed by atoms with Gasteiger partial charge in [-0.2, -0.15) is 13.2 Å². The van der Waals surface area contributed by atoms with Crippen molar-refractivity contribution in [2.24, 2.45) is 0 Å². The highest BCUT2D eigenvalue weighted by molar-refractivity contribution is 5.96. The number of alkyl halides is 3. The lowest BCUT2D eigenvalue weighted by atomic mass is 10.2. The third-order valence-corrected chi connectivity index (χ3v) is 4.58. The lowest BCUT2D eigenvalue weighted by Gasteiger charge is -2.24. The molecule has 0 radical (unpaired) electrons. The Hall–Kier alpha value is -2.61. The van der Waals surface area contributed by atoms with E-state index in [0.29, 0.717) is 30.2 Å². The molecular weight excluding hydrogens is 371 g/mol. The molecule has 2 heterocycles. The van der Waals surface area contributed by atoms with Gasteiger partial charge in [-0.15, -0.1) is 0 Å². The van der Waals surface area contributed by atoms with Crippen molar-refractivity contribution >= 4 is 11.6 Å². The number of rotatable bonds is 7. The van der Waals surface area contributed by atoms with Gasteiger partial charge in [0, 0.05) is 12.6 Å². The minimum atomic E-state index is -4.17. The summed E-state index contributed by atoms with van der Waals surface area (Å²) in [6, 6.07) is 10.1. The van der Waals surface area contributed by atoms with Crippen LogP contribution in [0.15, 0.2) is 48.8 Å². The molecule has 1 unspecified atom stereocenters. The van der Waals surface area contributed by atoms with E-state index >= 15 is 0 Å². The summed E-state index contributed by atoms with van der Waals surface area (Å²) in [5, 5.41) is 2.86. The van der Waals surface area contributed by atoms with E-state index in [2.05, 4.69) is 10.3 Å². The first kappa shape index (κ1) is 20.1. The number of carbonyl (C=O) groups is 1. The lowest BCUT2D eigenvalue weighted by molar-refractivity contribution is -0.136. The number of pyridine rings is 1. The second-order valence-corrected chi connectivity index (χ2v) is 6.69. The quantitative estimate of drug-likeness (QED) is 0.746. The fourth-order valence-corrected chi connectivity index (χ4v) is 3.28. The van der Waals surface area contributed by atoms with E-state index < -0.39 is 18.6 Å². The van der Waals surface area contributed by atoms with E-state index in [4.69, 9.17) is 4.74 Å². The predicted octanol–water partition coefficient (Wildman–Crippen LogP) is 4.62. The minimum Gasteiger partial charge on any atom is -0.454 e. The Morgan fingerprint density at radius 3 is 2.82 bits per heavy atom. The molecule has 0 saturated carbocycles. The van der Waals surface area contributed by atoms with Crippen molar-refractivity contribution in [2.45, 2.75) is 37.9 Å². The number of aromatic nitrogens is 1. The van der Waals surface area contributed by atoms with Gasteiger partial charge < -0.3 is 10.1 Å². The molecule has 28 heavy (non-hydrogen) atoms. The second-order valence-electron chi connectivity index (χ2n) is 6.69. The summed E-state index contributed by atoms with van der Waals surface area (Å²) in [7, 11) is 0. The van der Waals surface area contributed by atoms with Gasteiger partial charge in [-0.1, -0.05) is 12.1 Å². The number of nitrogens with one attached hydrogen (secondary N) is 1. The average molecular weight is 393 g/mol. The van der Waals surface area contributed by atoms with Crippen LogP contribution in [0.2, 0.25) is 0 Å². The molecule has 1 amide bonds. The van der Waals surface area contributed by atoms with Crippen LogP contribution in [-0.4, -0.2) is 41.1 Å². The summed E-state index contributed by atoms with van der Waals surface area (Å²) in [5.74, 6) is 0.788. The maximum atomic E-state index is 12.7. The van der Waals surface area contributed by atoms with Crippen LogP contribution >= 0.6 is 0 Å². The molecule has 1 aromatic heterocycles. The molecule has 1 aliphatic rings. The number of hydrogen-bond donors (Lipinski definition) is 1. The molecular formula is C20H22F3N3O2. The first-order valence-corrected chi connectivity index (χ1v) is 9.21. The van der Waals surface area contributed by atoms with Gasteiger partial charge in [-0.05, 0) is 56.6 Å². The smallest absolute Gasteiger partial charge is 0.389 e. The molecule has 8 heteroatoms. The Morgan fingerprint density at radius 1 is 1.25 bits per heavy atom. The van der Waals surface area contributed by atoms with Gasteiger partial charge in [0.2, 0.25) is 5.91 Å². The highest BCUT2D eigenvalue weighted by Crippen LogP contribution is 2.30. The van der Waals surface area contributed by atoms with Crippen molar-refractivity contribution in [2.75, 3.05) is 18.4 Å². The van der Waals surface area contributed by atoms with Crippen molar-refractivity contribution in [1.82, 2.24) is 9.88 Å². The number of ether oxygens (including phenoxy) is 1. The van der Waals surface area contributed by atoms with E-state index in [-0.39, 0.29) is 18.9 Å². The number of halogens is 3. The molecule has 1 saturated heterocycles. The van der Waals surface area contributed by atoms with Crippen LogP contribution in [0.1, 0.15) is 25.7 Å². The fraction of sp³-hybridized carbons (Fsp3) is 0.400. The molecule has 1 atom stereocenters. The van der Waals surface area contributed by atoms with Crippen LogP contribution in [0.5, 0.6) is 11.5 Å². The zero-order valence-electron chi connectivity index (χ0n) is 15.3. The van der Waals surface area contributed by atoms with Crippen LogP contribution in [-0.2, 0) is 4.79 Å². The van der Waals surface area contributed by atoms with Crippen LogP contribution in [0.3, 0.4) is 0 Å². The van der Waals surface area contributed by atoms with Gasteiger partial charge in [0.15, 0.2) is 5.75 Å². The first-order chi connectivity index (χ1) is 13.4. The Balaban J connectivity index is 1.62. The Kier molecular flexibility index (Phi) is 6.51. The summed E-state index contributed by atoms with van der Waals surface area (Å²) in [6.07, 6.45) is -0.388. The molecule has 3 rings (SSSR count). The number of para-hydroxylation sites is 2. The first-order valence-electron chi connectivity index (χ1n) is 9.21. The Bertz CT molecular complexity index is 784. The monoisotopic (exact) mass is 393 g/mol. The molecule has 150 valence electrons. The SMILES string of the molecule is O=C(Nc1ccccc1Oc1cccnc1)C1CCCN1CCCC(F)(F)F. The van der Waals surface area contributed by atoms with Gasteiger partial charge in [-0.3, -0.25) is 14.7 Å². The molecule has 0 aliphatic carbocycles. The van der Waals surface area contributed by atoms with Crippen LogP contribution in [0.25, 0.3) is 0 Å². The second kappa shape index (κ2) is 9.05. The standard InChI is InChI=1S/C20H22F3N3O2/c21-20(22,23)10-5-13-26-12-4-8-17(26)19(27)25-16-7-1-2-9-18(16)28-15-6-3-11-24-14-15/h1-3,6-7,9,11,14,17H,4-5,8,10,12-13H2,(H,25,27).